The molecule has 0 fully saturated rings. The molecule has 1 nitrogen and oxygen atoms in total. The highest BCUT2D eigenvalue weighted by molar-refractivity contribution is 5.22. The van der Waals surface area contributed by atoms with Crippen molar-refractivity contribution in [3.63, 3.8) is 0 Å². The van der Waals surface area contributed by atoms with Crippen LogP contribution in [-0.4, -0.2) is 12.6 Å². The Labute approximate surface area is 126 Å². The minimum absolute atomic E-state index is 0.581. The van der Waals surface area contributed by atoms with E-state index in [1.54, 1.807) is 0 Å². The second-order valence-electron chi connectivity index (χ2n) is 6.17. The second-order valence-corrected chi connectivity index (χ2v) is 6.17. The first kappa shape index (κ1) is 17.2. The summed E-state index contributed by atoms with van der Waals surface area (Å²) in [5.74, 6) is 2.04. The van der Waals surface area contributed by atoms with Crippen LogP contribution in [0.3, 0.4) is 0 Å². The van der Waals surface area contributed by atoms with Crippen molar-refractivity contribution in [1.82, 2.24) is 5.32 Å². The second kappa shape index (κ2) is 9.18. The van der Waals surface area contributed by atoms with Gasteiger partial charge in [0.25, 0.3) is 0 Å². The van der Waals surface area contributed by atoms with Gasteiger partial charge in [0.1, 0.15) is 0 Å². The first-order chi connectivity index (χ1) is 9.65. The molecule has 0 aliphatic rings. The molecular formula is C19H33N. The average molecular weight is 275 g/mol. The van der Waals surface area contributed by atoms with Crippen LogP contribution in [0, 0.1) is 11.8 Å². The molecule has 0 bridgehead atoms. The van der Waals surface area contributed by atoms with Gasteiger partial charge in [-0.2, -0.15) is 0 Å². The first-order valence-corrected chi connectivity index (χ1v) is 8.43. The number of hydrogen-bond donors (Lipinski definition) is 1. The van der Waals surface area contributed by atoms with Crippen LogP contribution < -0.4 is 5.32 Å². The zero-order chi connectivity index (χ0) is 15.0. The fraction of sp³-hybridized carbons (Fsp3) is 0.684. The number of rotatable bonds is 9. The van der Waals surface area contributed by atoms with Crippen LogP contribution in [0.4, 0.5) is 0 Å². The third kappa shape index (κ3) is 4.63. The molecule has 0 saturated carbocycles. The molecule has 20 heavy (non-hydrogen) atoms. The number of likely N-dealkylation sites (N-methyl/N-ethyl adjacent to an activating group) is 1. The van der Waals surface area contributed by atoms with Crippen LogP contribution in [0.25, 0.3) is 0 Å². The smallest absolute Gasteiger partial charge is 0.0164 e. The molecule has 0 aromatic heterocycles. The van der Waals surface area contributed by atoms with Gasteiger partial charge in [-0.15, -0.1) is 0 Å². The molecule has 0 spiro atoms. The van der Waals surface area contributed by atoms with Crippen molar-refractivity contribution in [2.24, 2.45) is 11.8 Å². The Morgan fingerprint density at radius 3 is 2.10 bits per heavy atom. The molecule has 0 saturated heterocycles. The molecule has 0 radical (unpaired) electrons. The van der Waals surface area contributed by atoms with E-state index >= 15 is 0 Å². The van der Waals surface area contributed by atoms with Crippen molar-refractivity contribution in [2.45, 2.75) is 65.8 Å². The van der Waals surface area contributed by atoms with E-state index in [0.29, 0.717) is 17.9 Å². The summed E-state index contributed by atoms with van der Waals surface area (Å²) in [6.07, 6.45) is 3.81. The van der Waals surface area contributed by atoms with E-state index in [2.05, 4.69) is 70.3 Å². The highest BCUT2D eigenvalue weighted by Crippen LogP contribution is 2.34. The van der Waals surface area contributed by atoms with Crippen molar-refractivity contribution in [2.75, 3.05) is 6.54 Å². The van der Waals surface area contributed by atoms with Gasteiger partial charge in [-0.05, 0) is 30.4 Å². The summed E-state index contributed by atoms with van der Waals surface area (Å²) in [6.45, 7) is 12.7. The summed E-state index contributed by atoms with van der Waals surface area (Å²) in [5.41, 5.74) is 1.50. The zero-order valence-corrected chi connectivity index (χ0v) is 14.0. The van der Waals surface area contributed by atoms with Crippen molar-refractivity contribution in [1.29, 1.82) is 0 Å². The third-order valence-electron chi connectivity index (χ3n) is 4.63. The molecule has 1 N–H and O–H groups in total. The van der Waals surface area contributed by atoms with Gasteiger partial charge in [0.05, 0.1) is 0 Å². The molecule has 1 aromatic carbocycles. The molecule has 0 heterocycles. The van der Waals surface area contributed by atoms with Gasteiger partial charge >= 0.3 is 0 Å². The lowest BCUT2D eigenvalue weighted by molar-refractivity contribution is 0.258. The van der Waals surface area contributed by atoms with Crippen molar-refractivity contribution in [3.8, 4) is 0 Å². The Morgan fingerprint density at radius 2 is 1.60 bits per heavy atom. The van der Waals surface area contributed by atoms with E-state index in [-0.39, 0.29) is 0 Å². The molecule has 0 aliphatic heterocycles. The van der Waals surface area contributed by atoms with E-state index < -0.39 is 0 Å². The molecule has 1 heteroatoms. The standard InChI is InChI=1S/C19H33N/c1-6-12-16(5)19(20-8-3)18(15(4)7-2)17-13-10-9-11-14-17/h9-11,13-16,18-20H,6-8,12H2,1-5H3. The predicted molar refractivity (Wildman–Crippen MR) is 90.2 cm³/mol. The van der Waals surface area contributed by atoms with Crippen molar-refractivity contribution >= 4 is 0 Å². The van der Waals surface area contributed by atoms with Crippen LogP contribution >= 0.6 is 0 Å². The van der Waals surface area contributed by atoms with E-state index in [4.69, 9.17) is 0 Å². The Morgan fingerprint density at radius 1 is 0.950 bits per heavy atom. The van der Waals surface area contributed by atoms with Crippen LogP contribution in [0.15, 0.2) is 30.3 Å². The third-order valence-corrected chi connectivity index (χ3v) is 4.63. The first-order valence-electron chi connectivity index (χ1n) is 8.43. The van der Waals surface area contributed by atoms with Gasteiger partial charge in [-0.3, -0.25) is 0 Å². The van der Waals surface area contributed by atoms with Crippen LogP contribution in [-0.2, 0) is 0 Å². The number of nitrogens with one attached hydrogen (secondary N) is 1. The molecule has 1 aromatic rings. The van der Waals surface area contributed by atoms with E-state index in [1.807, 2.05) is 0 Å². The van der Waals surface area contributed by atoms with Crippen LogP contribution in [0.2, 0.25) is 0 Å². The predicted octanol–water partition coefficient (Wildman–Crippen LogP) is 5.23. The van der Waals surface area contributed by atoms with Gasteiger partial charge in [-0.25, -0.2) is 0 Å². The summed E-state index contributed by atoms with van der Waals surface area (Å²) in [5, 5.41) is 3.78. The molecule has 4 atom stereocenters. The van der Waals surface area contributed by atoms with Gasteiger partial charge in [0.2, 0.25) is 0 Å². The Hall–Kier alpha value is -0.820. The minimum atomic E-state index is 0.581. The van der Waals surface area contributed by atoms with Crippen molar-refractivity contribution < 1.29 is 0 Å². The van der Waals surface area contributed by atoms with E-state index in [1.165, 1.54) is 24.8 Å². The topological polar surface area (TPSA) is 12.0 Å². The molecule has 0 aliphatic carbocycles. The highest BCUT2D eigenvalue weighted by atomic mass is 14.9. The maximum absolute atomic E-state index is 3.78. The monoisotopic (exact) mass is 275 g/mol. The molecule has 1 rings (SSSR count). The van der Waals surface area contributed by atoms with Gasteiger partial charge in [0.15, 0.2) is 0 Å². The quantitative estimate of drug-likeness (QED) is 0.650. The van der Waals surface area contributed by atoms with E-state index in [9.17, 15) is 0 Å². The maximum atomic E-state index is 3.78. The summed E-state index contributed by atoms with van der Waals surface area (Å²) < 4.78 is 0. The molecule has 114 valence electrons. The van der Waals surface area contributed by atoms with Gasteiger partial charge in [0, 0.05) is 12.0 Å². The Kier molecular flexibility index (Phi) is 7.91. The summed E-state index contributed by atoms with van der Waals surface area (Å²) in [4.78, 5) is 0. The van der Waals surface area contributed by atoms with Crippen LogP contribution in [0.5, 0.6) is 0 Å². The lowest BCUT2D eigenvalue weighted by atomic mass is 9.75. The van der Waals surface area contributed by atoms with Crippen molar-refractivity contribution in [3.05, 3.63) is 35.9 Å². The molecular weight excluding hydrogens is 242 g/mol. The summed E-state index contributed by atoms with van der Waals surface area (Å²) in [7, 11) is 0. The average Bonchev–Trinajstić information content (AvgIpc) is 2.47. The zero-order valence-electron chi connectivity index (χ0n) is 14.0. The van der Waals surface area contributed by atoms with E-state index in [0.717, 1.165) is 12.5 Å². The lowest BCUT2D eigenvalue weighted by Gasteiger charge is -2.36. The molecule has 4 unspecified atom stereocenters. The van der Waals surface area contributed by atoms with Gasteiger partial charge < -0.3 is 5.32 Å². The number of hydrogen-bond acceptors (Lipinski definition) is 1. The minimum Gasteiger partial charge on any atom is -0.313 e. The lowest BCUT2D eigenvalue weighted by Crippen LogP contribution is -2.42. The number of benzene rings is 1. The van der Waals surface area contributed by atoms with Crippen LogP contribution in [0.1, 0.15) is 65.4 Å². The maximum Gasteiger partial charge on any atom is 0.0164 e. The SMILES string of the molecule is CCCC(C)C(NCC)C(c1ccccc1)C(C)CC. The normalized spacial score (nSPS) is 17.4. The largest absolute Gasteiger partial charge is 0.313 e. The fourth-order valence-corrected chi connectivity index (χ4v) is 3.37. The summed E-state index contributed by atoms with van der Waals surface area (Å²) >= 11 is 0. The Bertz CT molecular complexity index is 346. The Balaban J connectivity index is 3.05. The molecule has 0 amide bonds. The highest BCUT2D eigenvalue weighted by Gasteiger charge is 2.30. The fourth-order valence-electron chi connectivity index (χ4n) is 3.37. The van der Waals surface area contributed by atoms with Gasteiger partial charge in [-0.1, -0.05) is 77.8 Å². The summed E-state index contributed by atoms with van der Waals surface area (Å²) in [6, 6.07) is 11.7.